The largest absolute Gasteiger partial charge is 0.454 e. The van der Waals surface area contributed by atoms with E-state index in [-0.39, 0.29) is 24.5 Å². The Hall–Kier alpha value is -3.93. The Morgan fingerprint density at radius 3 is 2.46 bits per heavy atom. The first kappa shape index (κ1) is 24.2. The minimum Gasteiger partial charge on any atom is -0.454 e. The molecule has 1 aliphatic heterocycles. The summed E-state index contributed by atoms with van der Waals surface area (Å²) in [4.78, 5) is 11.7. The standard InChI is InChI=1S/C23H17F3N2O6S/c24-23(25,26)17-7-9-21(35(30,31)34-18-4-2-1-3-5-18)16(12-17)13-27-28-22(29)11-15-6-8-19-20(10-15)33-14-32-19/h1-10,12H,11,13-14H2. The zero-order valence-corrected chi connectivity index (χ0v) is 18.7. The van der Waals surface area contributed by atoms with E-state index in [2.05, 4.69) is 10.2 Å². The maximum atomic E-state index is 13.2. The normalized spacial score (nSPS) is 13.2. The summed E-state index contributed by atoms with van der Waals surface area (Å²) in [7, 11) is -4.49. The van der Waals surface area contributed by atoms with Gasteiger partial charge in [-0.05, 0) is 53.6 Å². The first-order valence-electron chi connectivity index (χ1n) is 10.1. The molecule has 0 fully saturated rings. The molecule has 1 aliphatic rings. The molecule has 3 aromatic carbocycles. The molecule has 0 bridgehead atoms. The topological polar surface area (TPSA) is 104 Å². The molecule has 3 aromatic rings. The number of amides is 1. The molecule has 0 aromatic heterocycles. The van der Waals surface area contributed by atoms with Crippen molar-refractivity contribution in [2.45, 2.75) is 24.0 Å². The Labute approximate surface area is 198 Å². The van der Waals surface area contributed by atoms with E-state index in [4.69, 9.17) is 13.7 Å². The highest BCUT2D eigenvalue weighted by Crippen LogP contribution is 2.34. The van der Waals surface area contributed by atoms with Gasteiger partial charge in [-0.15, -0.1) is 5.11 Å². The zero-order valence-electron chi connectivity index (χ0n) is 17.9. The Balaban J connectivity index is 1.54. The lowest BCUT2D eigenvalue weighted by molar-refractivity contribution is -0.137. The molecule has 35 heavy (non-hydrogen) atoms. The number of azo groups is 1. The zero-order chi connectivity index (χ0) is 25.1. The van der Waals surface area contributed by atoms with Gasteiger partial charge < -0.3 is 13.7 Å². The number of carbonyl (C=O) groups is 1. The number of alkyl halides is 3. The van der Waals surface area contributed by atoms with E-state index in [1.54, 1.807) is 36.4 Å². The summed E-state index contributed by atoms with van der Waals surface area (Å²) in [6, 6.07) is 14.4. The van der Waals surface area contributed by atoms with Crippen molar-refractivity contribution in [2.24, 2.45) is 10.2 Å². The van der Waals surface area contributed by atoms with E-state index in [1.807, 2.05) is 0 Å². The molecule has 0 spiro atoms. The summed E-state index contributed by atoms with van der Waals surface area (Å²) < 4.78 is 80.6. The maximum absolute atomic E-state index is 13.2. The van der Waals surface area contributed by atoms with E-state index < -0.39 is 39.2 Å². The highest BCUT2D eigenvalue weighted by Gasteiger charge is 2.32. The molecular weight excluding hydrogens is 489 g/mol. The second-order valence-electron chi connectivity index (χ2n) is 7.33. The fourth-order valence-corrected chi connectivity index (χ4v) is 4.36. The van der Waals surface area contributed by atoms with E-state index in [0.717, 1.165) is 6.07 Å². The van der Waals surface area contributed by atoms with E-state index >= 15 is 0 Å². The Morgan fingerprint density at radius 1 is 0.971 bits per heavy atom. The van der Waals surface area contributed by atoms with Crippen LogP contribution in [-0.2, 0) is 34.1 Å². The molecule has 0 saturated carbocycles. The van der Waals surface area contributed by atoms with Crippen LogP contribution < -0.4 is 13.7 Å². The van der Waals surface area contributed by atoms with E-state index in [1.165, 1.54) is 12.1 Å². The van der Waals surface area contributed by atoms with Crippen LogP contribution in [0.15, 0.2) is 81.9 Å². The first-order chi connectivity index (χ1) is 16.6. The summed E-state index contributed by atoms with van der Waals surface area (Å²) in [5.41, 5.74) is -0.833. The molecule has 0 atom stereocenters. The van der Waals surface area contributed by atoms with Crippen LogP contribution in [-0.4, -0.2) is 21.1 Å². The quantitative estimate of drug-likeness (QED) is 0.333. The molecule has 0 saturated heterocycles. The molecule has 182 valence electrons. The highest BCUT2D eigenvalue weighted by molar-refractivity contribution is 7.87. The third-order valence-corrected chi connectivity index (χ3v) is 6.17. The van der Waals surface area contributed by atoms with Gasteiger partial charge in [0.1, 0.15) is 10.6 Å². The van der Waals surface area contributed by atoms with Crippen LogP contribution in [0.25, 0.3) is 0 Å². The Bertz CT molecular complexity index is 1380. The SMILES string of the molecule is O=C(Cc1ccc2c(c1)OCO2)N=NCc1cc(C(F)(F)F)ccc1S(=O)(=O)Oc1ccccc1. The number of rotatable bonds is 7. The summed E-state index contributed by atoms with van der Waals surface area (Å²) >= 11 is 0. The first-order valence-corrected chi connectivity index (χ1v) is 11.5. The highest BCUT2D eigenvalue weighted by atomic mass is 32.2. The Kier molecular flexibility index (Phi) is 6.74. The molecule has 8 nitrogen and oxygen atoms in total. The van der Waals surface area contributed by atoms with Gasteiger partial charge in [-0.25, -0.2) is 0 Å². The number of hydrogen-bond donors (Lipinski definition) is 0. The van der Waals surface area contributed by atoms with Crippen LogP contribution >= 0.6 is 0 Å². The van der Waals surface area contributed by atoms with Crippen molar-refractivity contribution in [2.75, 3.05) is 6.79 Å². The molecule has 0 unspecified atom stereocenters. The molecule has 0 aliphatic carbocycles. The second kappa shape index (κ2) is 9.74. The lowest BCUT2D eigenvalue weighted by Gasteiger charge is -2.13. The van der Waals surface area contributed by atoms with Gasteiger partial charge in [-0.1, -0.05) is 24.3 Å². The van der Waals surface area contributed by atoms with Crippen molar-refractivity contribution in [1.82, 2.24) is 0 Å². The van der Waals surface area contributed by atoms with E-state index in [9.17, 15) is 26.4 Å². The van der Waals surface area contributed by atoms with Gasteiger partial charge in [0.15, 0.2) is 11.5 Å². The number of benzene rings is 3. The van der Waals surface area contributed by atoms with Crippen LogP contribution in [0.5, 0.6) is 17.2 Å². The predicted molar refractivity (Wildman–Crippen MR) is 116 cm³/mol. The maximum Gasteiger partial charge on any atom is 0.416 e. The summed E-state index contributed by atoms with van der Waals surface area (Å²) in [5.74, 6) is 0.322. The van der Waals surface area contributed by atoms with Gasteiger partial charge >= 0.3 is 16.3 Å². The van der Waals surface area contributed by atoms with Crippen molar-refractivity contribution < 1.29 is 40.0 Å². The van der Waals surface area contributed by atoms with Crippen LogP contribution in [0.3, 0.4) is 0 Å². The predicted octanol–water partition coefficient (Wildman–Crippen LogP) is 4.92. The number of ether oxygens (including phenoxy) is 2. The smallest absolute Gasteiger partial charge is 0.416 e. The molecule has 1 heterocycles. The number of carbonyl (C=O) groups excluding carboxylic acids is 1. The van der Waals surface area contributed by atoms with Crippen LogP contribution in [0.2, 0.25) is 0 Å². The monoisotopic (exact) mass is 506 g/mol. The fourth-order valence-electron chi connectivity index (χ4n) is 3.22. The van der Waals surface area contributed by atoms with Crippen molar-refractivity contribution in [3.05, 3.63) is 83.4 Å². The lowest BCUT2D eigenvalue weighted by Crippen LogP contribution is -2.14. The number of fused-ring (bicyclic) bond motifs is 1. The van der Waals surface area contributed by atoms with Crippen molar-refractivity contribution in [1.29, 1.82) is 0 Å². The molecule has 1 amide bonds. The van der Waals surface area contributed by atoms with Crippen LogP contribution in [0, 0.1) is 0 Å². The van der Waals surface area contributed by atoms with Gasteiger partial charge in [-0.2, -0.15) is 26.7 Å². The Morgan fingerprint density at radius 2 is 1.71 bits per heavy atom. The number of para-hydroxylation sites is 1. The van der Waals surface area contributed by atoms with Gasteiger partial charge in [0, 0.05) is 0 Å². The second-order valence-corrected chi connectivity index (χ2v) is 8.84. The number of halogens is 3. The average molecular weight is 506 g/mol. The summed E-state index contributed by atoms with van der Waals surface area (Å²) in [6.45, 7) is -0.522. The lowest BCUT2D eigenvalue weighted by atomic mass is 10.1. The molecule has 4 rings (SSSR count). The van der Waals surface area contributed by atoms with E-state index in [0.29, 0.717) is 29.2 Å². The summed E-state index contributed by atoms with van der Waals surface area (Å²) in [5, 5.41) is 7.15. The average Bonchev–Trinajstić information content (AvgIpc) is 3.26. The summed E-state index contributed by atoms with van der Waals surface area (Å²) in [6.07, 6.45) is -4.87. The fraction of sp³-hybridized carbons (Fsp3) is 0.174. The molecule has 0 radical (unpaired) electrons. The van der Waals surface area contributed by atoms with Crippen molar-refractivity contribution in [3.8, 4) is 17.2 Å². The molecule has 0 N–H and O–H groups in total. The molecular formula is C23H17F3N2O6S. The van der Waals surface area contributed by atoms with Crippen molar-refractivity contribution >= 4 is 16.0 Å². The minimum absolute atomic E-state index is 0.0149. The third kappa shape index (κ3) is 5.96. The number of hydrogen-bond acceptors (Lipinski definition) is 7. The van der Waals surface area contributed by atoms with Gasteiger partial charge in [0.2, 0.25) is 6.79 Å². The minimum atomic E-state index is -4.72. The molecule has 12 heteroatoms. The van der Waals surface area contributed by atoms with Crippen LogP contribution in [0.4, 0.5) is 13.2 Å². The number of nitrogens with zero attached hydrogens (tertiary/aromatic N) is 2. The van der Waals surface area contributed by atoms with Crippen molar-refractivity contribution in [3.63, 3.8) is 0 Å². The third-order valence-electron chi connectivity index (χ3n) is 4.82. The van der Waals surface area contributed by atoms with Gasteiger partial charge in [0.05, 0.1) is 18.5 Å². The van der Waals surface area contributed by atoms with Gasteiger partial charge in [0.25, 0.3) is 5.91 Å². The van der Waals surface area contributed by atoms with Crippen LogP contribution in [0.1, 0.15) is 16.7 Å². The van der Waals surface area contributed by atoms with Gasteiger partial charge in [-0.3, -0.25) is 4.79 Å².